The number of aromatic nitrogens is 2. The van der Waals surface area contributed by atoms with Gasteiger partial charge in [0.25, 0.3) is 0 Å². The summed E-state index contributed by atoms with van der Waals surface area (Å²) in [6.07, 6.45) is 1.97. The number of pyridine rings is 1. The average molecular weight is 274 g/mol. The van der Waals surface area contributed by atoms with Crippen LogP contribution in [0.4, 0.5) is 11.5 Å². The number of nitrogens with zero attached hydrogens (tertiary/aromatic N) is 1. The Labute approximate surface area is 121 Å². The molecule has 0 atom stereocenters. The third-order valence-electron chi connectivity index (χ3n) is 3.75. The summed E-state index contributed by atoms with van der Waals surface area (Å²) >= 11 is 0. The van der Waals surface area contributed by atoms with Crippen LogP contribution in [0.15, 0.2) is 54.7 Å². The molecular weight excluding hydrogens is 260 g/mol. The number of aromatic amines is 1. The van der Waals surface area contributed by atoms with Gasteiger partial charge in [-0.15, -0.1) is 0 Å². The molecule has 0 amide bonds. The summed E-state index contributed by atoms with van der Waals surface area (Å²) in [5, 5.41) is 2.17. The van der Waals surface area contributed by atoms with Crippen molar-refractivity contribution in [1.29, 1.82) is 0 Å². The molecule has 0 saturated heterocycles. The van der Waals surface area contributed by atoms with Crippen molar-refractivity contribution in [2.45, 2.75) is 0 Å². The van der Waals surface area contributed by atoms with E-state index in [-0.39, 0.29) is 0 Å². The van der Waals surface area contributed by atoms with Gasteiger partial charge in [0.1, 0.15) is 5.82 Å². The molecule has 4 rings (SSSR count). The van der Waals surface area contributed by atoms with Crippen LogP contribution in [0, 0.1) is 0 Å². The smallest absolute Gasteiger partial charge is 0.132 e. The molecule has 0 radical (unpaired) electrons. The standard InChI is InChI=1S/C17H14N4/c18-11-6-5-10-7-13(17(19)21-16(10)8-11)14-9-20-15-4-2-1-3-12(14)15/h1-9,20H,18H2,(H2,19,21). The fourth-order valence-electron chi connectivity index (χ4n) is 2.71. The largest absolute Gasteiger partial charge is 0.399 e. The fourth-order valence-corrected chi connectivity index (χ4v) is 2.71. The summed E-state index contributed by atoms with van der Waals surface area (Å²) in [7, 11) is 0. The van der Waals surface area contributed by atoms with Crippen LogP contribution in [0.2, 0.25) is 0 Å². The van der Waals surface area contributed by atoms with Crippen molar-refractivity contribution < 1.29 is 0 Å². The molecule has 0 spiro atoms. The van der Waals surface area contributed by atoms with E-state index in [0.717, 1.165) is 32.9 Å². The quantitative estimate of drug-likeness (QED) is 0.464. The Bertz CT molecular complexity index is 969. The minimum Gasteiger partial charge on any atom is -0.399 e. The van der Waals surface area contributed by atoms with Crippen LogP contribution in [0.5, 0.6) is 0 Å². The van der Waals surface area contributed by atoms with Gasteiger partial charge in [0.15, 0.2) is 0 Å². The predicted octanol–water partition coefficient (Wildman–Crippen LogP) is 3.55. The molecule has 5 N–H and O–H groups in total. The zero-order valence-electron chi connectivity index (χ0n) is 11.3. The zero-order valence-corrected chi connectivity index (χ0v) is 11.3. The van der Waals surface area contributed by atoms with E-state index in [1.54, 1.807) is 0 Å². The maximum absolute atomic E-state index is 6.15. The third kappa shape index (κ3) is 1.80. The summed E-state index contributed by atoms with van der Waals surface area (Å²) in [4.78, 5) is 7.75. The first-order valence-electron chi connectivity index (χ1n) is 6.74. The number of rotatable bonds is 1. The molecule has 0 aliphatic heterocycles. The maximum Gasteiger partial charge on any atom is 0.132 e. The fraction of sp³-hybridized carbons (Fsp3) is 0. The number of hydrogen-bond donors (Lipinski definition) is 3. The van der Waals surface area contributed by atoms with E-state index in [0.29, 0.717) is 11.5 Å². The number of nitrogens with two attached hydrogens (primary N) is 2. The first-order valence-corrected chi connectivity index (χ1v) is 6.74. The highest BCUT2D eigenvalue weighted by Gasteiger charge is 2.11. The van der Waals surface area contributed by atoms with Crippen molar-refractivity contribution in [2.24, 2.45) is 0 Å². The SMILES string of the molecule is Nc1ccc2cc(-c3c[nH]c4ccccc34)c(N)nc2c1. The number of para-hydroxylation sites is 1. The van der Waals surface area contributed by atoms with Gasteiger partial charge in [0.05, 0.1) is 5.52 Å². The molecule has 2 heterocycles. The van der Waals surface area contributed by atoms with Crippen LogP contribution in [0.3, 0.4) is 0 Å². The van der Waals surface area contributed by atoms with Crippen molar-refractivity contribution in [1.82, 2.24) is 9.97 Å². The lowest BCUT2D eigenvalue weighted by atomic mass is 10.0. The number of fused-ring (bicyclic) bond motifs is 2. The molecule has 4 aromatic rings. The average Bonchev–Trinajstić information content (AvgIpc) is 2.90. The molecule has 2 aromatic heterocycles. The Kier molecular flexibility index (Phi) is 2.38. The molecule has 21 heavy (non-hydrogen) atoms. The molecule has 0 aliphatic rings. The van der Waals surface area contributed by atoms with E-state index < -0.39 is 0 Å². The van der Waals surface area contributed by atoms with E-state index in [2.05, 4.69) is 22.1 Å². The highest BCUT2D eigenvalue weighted by Crippen LogP contribution is 2.33. The van der Waals surface area contributed by atoms with Crippen molar-refractivity contribution in [3.8, 4) is 11.1 Å². The molecule has 0 saturated carbocycles. The lowest BCUT2D eigenvalue weighted by molar-refractivity contribution is 1.41. The van der Waals surface area contributed by atoms with Crippen molar-refractivity contribution in [3.05, 3.63) is 54.7 Å². The van der Waals surface area contributed by atoms with Gasteiger partial charge in [-0.3, -0.25) is 0 Å². The third-order valence-corrected chi connectivity index (χ3v) is 3.75. The molecule has 0 aliphatic carbocycles. The number of anilines is 2. The van der Waals surface area contributed by atoms with E-state index in [4.69, 9.17) is 11.5 Å². The number of benzene rings is 2. The van der Waals surface area contributed by atoms with E-state index in [1.807, 2.05) is 42.6 Å². The summed E-state index contributed by atoms with van der Waals surface area (Å²) in [6, 6.07) is 15.9. The lowest BCUT2D eigenvalue weighted by Crippen LogP contribution is -1.95. The first kappa shape index (κ1) is 11.8. The summed E-state index contributed by atoms with van der Waals surface area (Å²) < 4.78 is 0. The van der Waals surface area contributed by atoms with Crippen molar-refractivity contribution in [3.63, 3.8) is 0 Å². The molecule has 4 heteroatoms. The summed E-state index contributed by atoms with van der Waals surface area (Å²) in [5.74, 6) is 0.512. The van der Waals surface area contributed by atoms with Crippen LogP contribution < -0.4 is 11.5 Å². The molecule has 2 aromatic carbocycles. The Balaban J connectivity index is 2.01. The Morgan fingerprint density at radius 3 is 2.67 bits per heavy atom. The van der Waals surface area contributed by atoms with E-state index >= 15 is 0 Å². The molecule has 0 unspecified atom stereocenters. The van der Waals surface area contributed by atoms with Crippen molar-refractivity contribution in [2.75, 3.05) is 11.5 Å². The molecule has 102 valence electrons. The van der Waals surface area contributed by atoms with Gasteiger partial charge in [-0.25, -0.2) is 4.98 Å². The van der Waals surface area contributed by atoms with Crippen LogP contribution in [0.25, 0.3) is 32.9 Å². The molecule has 4 nitrogen and oxygen atoms in total. The second-order valence-electron chi connectivity index (χ2n) is 5.12. The van der Waals surface area contributed by atoms with Gasteiger partial charge in [-0.05, 0) is 24.3 Å². The Morgan fingerprint density at radius 1 is 0.905 bits per heavy atom. The van der Waals surface area contributed by atoms with E-state index in [1.165, 1.54) is 0 Å². The second kappa shape index (κ2) is 4.24. The minimum absolute atomic E-state index is 0.512. The Morgan fingerprint density at radius 2 is 1.76 bits per heavy atom. The van der Waals surface area contributed by atoms with Crippen LogP contribution in [-0.4, -0.2) is 9.97 Å². The van der Waals surface area contributed by atoms with E-state index in [9.17, 15) is 0 Å². The highest BCUT2D eigenvalue weighted by atomic mass is 14.8. The highest BCUT2D eigenvalue weighted by molar-refractivity contribution is 6.00. The number of nitrogens with one attached hydrogen (secondary N) is 1. The first-order chi connectivity index (χ1) is 10.2. The van der Waals surface area contributed by atoms with Crippen LogP contribution >= 0.6 is 0 Å². The van der Waals surface area contributed by atoms with Gasteiger partial charge in [0, 0.05) is 39.3 Å². The molecular formula is C17H14N4. The lowest BCUT2D eigenvalue weighted by Gasteiger charge is -2.07. The Hall–Kier alpha value is -3.01. The number of H-pyrrole nitrogens is 1. The van der Waals surface area contributed by atoms with Gasteiger partial charge in [0.2, 0.25) is 0 Å². The molecule has 0 fully saturated rings. The molecule has 0 bridgehead atoms. The predicted molar refractivity (Wildman–Crippen MR) is 87.9 cm³/mol. The monoisotopic (exact) mass is 274 g/mol. The normalized spacial score (nSPS) is 11.2. The number of hydrogen-bond acceptors (Lipinski definition) is 3. The van der Waals surface area contributed by atoms with Crippen LogP contribution in [0.1, 0.15) is 0 Å². The minimum atomic E-state index is 0.512. The van der Waals surface area contributed by atoms with Gasteiger partial charge in [-0.2, -0.15) is 0 Å². The van der Waals surface area contributed by atoms with Gasteiger partial charge in [-0.1, -0.05) is 24.3 Å². The van der Waals surface area contributed by atoms with Crippen LogP contribution in [-0.2, 0) is 0 Å². The summed E-state index contributed by atoms with van der Waals surface area (Å²) in [5.41, 5.74) is 16.5. The second-order valence-corrected chi connectivity index (χ2v) is 5.12. The summed E-state index contributed by atoms with van der Waals surface area (Å²) in [6.45, 7) is 0. The zero-order chi connectivity index (χ0) is 14.4. The number of nitrogen functional groups attached to an aromatic ring is 2. The maximum atomic E-state index is 6.15. The van der Waals surface area contributed by atoms with Crippen molar-refractivity contribution >= 4 is 33.3 Å². The topological polar surface area (TPSA) is 80.7 Å². The van der Waals surface area contributed by atoms with Gasteiger partial charge >= 0.3 is 0 Å². The van der Waals surface area contributed by atoms with Gasteiger partial charge < -0.3 is 16.5 Å².